The van der Waals surface area contributed by atoms with Crippen molar-refractivity contribution in [2.75, 3.05) is 23.4 Å². The molecule has 2 N–H and O–H groups in total. The molecule has 0 spiro atoms. The first-order valence-electron chi connectivity index (χ1n) is 6.11. The molecule has 3 nitrogen and oxygen atoms in total. The molecule has 0 atom stereocenters. The monoisotopic (exact) mass is 350 g/mol. The maximum Gasteiger partial charge on any atom is 0.243 e. The van der Waals surface area contributed by atoms with E-state index in [4.69, 9.17) is 0 Å². The fraction of sp³-hybridized carbons (Fsp3) is 0.133. The lowest BCUT2D eigenvalue weighted by atomic mass is 10.3. The molecule has 1 amide bonds. The molecule has 5 heteroatoms. The predicted molar refractivity (Wildman–Crippen MR) is 89.5 cm³/mol. The number of anilines is 2. The van der Waals surface area contributed by atoms with E-state index in [1.165, 1.54) is 4.90 Å². The van der Waals surface area contributed by atoms with Crippen molar-refractivity contribution in [2.24, 2.45) is 0 Å². The van der Waals surface area contributed by atoms with Gasteiger partial charge in [0.1, 0.15) is 0 Å². The molecule has 0 aliphatic heterocycles. The average molecular weight is 351 g/mol. The summed E-state index contributed by atoms with van der Waals surface area (Å²) in [7, 11) is 0. The Balaban J connectivity index is 1.88. The molecule has 0 aliphatic carbocycles. The van der Waals surface area contributed by atoms with E-state index >= 15 is 0 Å². The lowest BCUT2D eigenvalue weighted by molar-refractivity contribution is -0.114. The van der Waals surface area contributed by atoms with Gasteiger partial charge in [-0.3, -0.25) is 4.79 Å². The van der Waals surface area contributed by atoms with E-state index in [0.29, 0.717) is 0 Å². The van der Waals surface area contributed by atoms with Crippen LogP contribution in [0.5, 0.6) is 0 Å². The van der Waals surface area contributed by atoms with Crippen molar-refractivity contribution in [1.29, 1.82) is 0 Å². The number of hydrogen-bond donors (Lipinski definition) is 2. The number of thioether (sulfide) groups is 1. The third kappa shape index (κ3) is 4.58. The highest BCUT2D eigenvalue weighted by Gasteiger charge is 2.03. The van der Waals surface area contributed by atoms with Crippen LogP contribution < -0.4 is 10.6 Å². The molecule has 0 unspecified atom stereocenters. The smallest absolute Gasteiger partial charge is 0.243 e. The zero-order chi connectivity index (χ0) is 14.4. The van der Waals surface area contributed by atoms with Crippen LogP contribution in [0, 0.1) is 0 Å². The maximum absolute atomic E-state index is 11.9. The van der Waals surface area contributed by atoms with Crippen LogP contribution in [0.15, 0.2) is 57.9 Å². The van der Waals surface area contributed by atoms with E-state index in [2.05, 4.69) is 26.6 Å². The molecule has 0 saturated heterocycles. The van der Waals surface area contributed by atoms with Crippen molar-refractivity contribution >= 4 is 45.0 Å². The summed E-state index contributed by atoms with van der Waals surface area (Å²) < 4.78 is 0.941. The summed E-state index contributed by atoms with van der Waals surface area (Å²) in [6.07, 6.45) is 2.03. The molecule has 0 bridgehead atoms. The van der Waals surface area contributed by atoms with Crippen molar-refractivity contribution in [3.63, 3.8) is 0 Å². The molecule has 104 valence electrons. The van der Waals surface area contributed by atoms with Crippen LogP contribution >= 0.6 is 27.7 Å². The average Bonchev–Trinajstić information content (AvgIpc) is 2.45. The zero-order valence-electron chi connectivity index (χ0n) is 11.0. The summed E-state index contributed by atoms with van der Waals surface area (Å²) >= 11 is 5.05. The number of hydrogen-bond acceptors (Lipinski definition) is 3. The third-order valence-electron chi connectivity index (χ3n) is 2.63. The number of amides is 1. The van der Waals surface area contributed by atoms with Crippen LogP contribution in [-0.2, 0) is 4.79 Å². The molecule has 2 rings (SSSR count). The minimum Gasteiger partial charge on any atom is -0.376 e. The third-order valence-corrected chi connectivity index (χ3v) is 3.85. The van der Waals surface area contributed by atoms with Crippen molar-refractivity contribution in [2.45, 2.75) is 4.90 Å². The number of halogens is 1. The number of carbonyl (C=O) groups excluding carboxylic acids is 1. The molecule has 0 aromatic heterocycles. The van der Waals surface area contributed by atoms with Crippen LogP contribution in [0.4, 0.5) is 11.4 Å². The van der Waals surface area contributed by atoms with Crippen LogP contribution in [0.3, 0.4) is 0 Å². The summed E-state index contributed by atoms with van der Waals surface area (Å²) in [5.41, 5.74) is 1.73. The molecule has 0 fully saturated rings. The number of nitrogens with one attached hydrogen (secondary N) is 2. The van der Waals surface area contributed by atoms with E-state index in [9.17, 15) is 4.79 Å². The van der Waals surface area contributed by atoms with Gasteiger partial charge in [0.25, 0.3) is 0 Å². The Hall–Kier alpha value is -1.46. The molecule has 2 aromatic rings. The Bertz CT molecular complexity index is 604. The fourth-order valence-electron chi connectivity index (χ4n) is 1.69. The number of benzene rings is 2. The first-order valence-corrected chi connectivity index (χ1v) is 8.12. The van der Waals surface area contributed by atoms with Gasteiger partial charge < -0.3 is 10.6 Å². The van der Waals surface area contributed by atoms with Gasteiger partial charge >= 0.3 is 0 Å². The van der Waals surface area contributed by atoms with Crippen LogP contribution in [0.25, 0.3) is 0 Å². The lowest BCUT2D eigenvalue weighted by Gasteiger charge is -2.09. The van der Waals surface area contributed by atoms with E-state index in [1.807, 2.05) is 54.8 Å². The molecular formula is C15H15BrN2OS. The van der Waals surface area contributed by atoms with Crippen molar-refractivity contribution in [3.8, 4) is 0 Å². The first kappa shape index (κ1) is 14.9. The minimum atomic E-state index is -0.0716. The second-order valence-electron chi connectivity index (χ2n) is 4.14. The van der Waals surface area contributed by atoms with Crippen molar-refractivity contribution in [3.05, 3.63) is 53.0 Å². The van der Waals surface area contributed by atoms with Gasteiger partial charge in [0.15, 0.2) is 0 Å². The summed E-state index contributed by atoms with van der Waals surface area (Å²) in [5.74, 6) is -0.0716. The van der Waals surface area contributed by atoms with E-state index < -0.39 is 0 Å². The largest absolute Gasteiger partial charge is 0.376 e. The zero-order valence-corrected chi connectivity index (χ0v) is 13.4. The second-order valence-corrected chi connectivity index (χ2v) is 5.94. The first-order chi connectivity index (χ1) is 9.67. The minimum absolute atomic E-state index is 0.0716. The molecular weight excluding hydrogens is 336 g/mol. The van der Waals surface area contributed by atoms with Crippen LogP contribution in [0.2, 0.25) is 0 Å². The Morgan fingerprint density at radius 2 is 1.90 bits per heavy atom. The Labute approximate surface area is 131 Å². The SMILES string of the molecule is CSc1cccc(NCC(=O)Nc2cccc(Br)c2)c1. The maximum atomic E-state index is 11.9. The van der Waals surface area contributed by atoms with Gasteiger partial charge in [-0.15, -0.1) is 11.8 Å². The van der Waals surface area contributed by atoms with E-state index in [0.717, 1.165) is 15.8 Å². The van der Waals surface area contributed by atoms with Gasteiger partial charge in [0, 0.05) is 20.7 Å². The molecule has 0 aliphatic rings. The quantitative estimate of drug-likeness (QED) is 0.793. The van der Waals surface area contributed by atoms with Crippen molar-refractivity contribution in [1.82, 2.24) is 0 Å². The summed E-state index contributed by atoms with van der Waals surface area (Å²) in [6.45, 7) is 0.240. The van der Waals surface area contributed by atoms with Gasteiger partial charge in [-0.1, -0.05) is 28.1 Å². The predicted octanol–water partition coefficient (Wildman–Crippen LogP) is 4.22. The fourth-order valence-corrected chi connectivity index (χ4v) is 2.55. The highest BCUT2D eigenvalue weighted by Crippen LogP contribution is 2.19. The Morgan fingerprint density at radius 3 is 2.65 bits per heavy atom. The summed E-state index contributed by atoms with van der Waals surface area (Å²) in [5, 5.41) is 5.96. The molecule has 0 radical (unpaired) electrons. The van der Waals surface area contributed by atoms with Crippen molar-refractivity contribution < 1.29 is 4.79 Å². The standard InChI is InChI=1S/C15H15BrN2OS/c1-20-14-7-3-5-12(9-14)17-10-15(19)18-13-6-2-4-11(16)8-13/h2-9,17H,10H2,1H3,(H,18,19). The highest BCUT2D eigenvalue weighted by atomic mass is 79.9. The number of carbonyl (C=O) groups is 1. The van der Waals surface area contributed by atoms with E-state index in [-0.39, 0.29) is 12.5 Å². The van der Waals surface area contributed by atoms with Gasteiger partial charge in [-0.2, -0.15) is 0 Å². The normalized spacial score (nSPS) is 10.1. The van der Waals surface area contributed by atoms with Crippen LogP contribution in [0.1, 0.15) is 0 Å². The molecule has 0 saturated carbocycles. The van der Waals surface area contributed by atoms with Gasteiger partial charge in [0.05, 0.1) is 6.54 Å². The topological polar surface area (TPSA) is 41.1 Å². The van der Waals surface area contributed by atoms with Gasteiger partial charge in [-0.25, -0.2) is 0 Å². The molecule has 20 heavy (non-hydrogen) atoms. The molecule has 2 aromatic carbocycles. The second kappa shape index (κ2) is 7.36. The summed E-state index contributed by atoms with van der Waals surface area (Å²) in [6, 6.07) is 15.5. The Kier molecular flexibility index (Phi) is 5.49. The van der Waals surface area contributed by atoms with Gasteiger partial charge in [-0.05, 0) is 42.7 Å². The van der Waals surface area contributed by atoms with Gasteiger partial charge in [0.2, 0.25) is 5.91 Å². The lowest BCUT2D eigenvalue weighted by Crippen LogP contribution is -2.21. The van der Waals surface area contributed by atoms with E-state index in [1.54, 1.807) is 11.8 Å². The number of rotatable bonds is 5. The highest BCUT2D eigenvalue weighted by molar-refractivity contribution is 9.10. The molecule has 0 heterocycles. The van der Waals surface area contributed by atoms with Crippen LogP contribution in [-0.4, -0.2) is 18.7 Å². The summed E-state index contributed by atoms with van der Waals surface area (Å²) in [4.78, 5) is 13.0. The Morgan fingerprint density at radius 1 is 1.15 bits per heavy atom.